The third-order valence-electron chi connectivity index (χ3n) is 3.25. The van der Waals surface area contributed by atoms with Gasteiger partial charge in [-0.15, -0.1) is 0 Å². The van der Waals surface area contributed by atoms with Gasteiger partial charge in [0.1, 0.15) is 0 Å². The van der Waals surface area contributed by atoms with Crippen molar-refractivity contribution in [1.29, 1.82) is 0 Å². The van der Waals surface area contributed by atoms with Crippen molar-refractivity contribution in [3.8, 4) is 0 Å². The van der Waals surface area contributed by atoms with Crippen LogP contribution in [0.4, 0.5) is 0 Å². The molecule has 0 aliphatic rings. The van der Waals surface area contributed by atoms with Crippen LogP contribution in [-0.2, 0) is 0 Å². The minimum atomic E-state index is -0.584. The average molecular weight is 390 g/mol. The number of hydrazone groups is 1. The van der Waals surface area contributed by atoms with Gasteiger partial charge in [-0.3, -0.25) is 14.8 Å². The summed E-state index contributed by atoms with van der Waals surface area (Å²) in [5.74, 6) is -0.781. The Bertz CT molecular complexity index is 743. The van der Waals surface area contributed by atoms with Crippen molar-refractivity contribution in [2.24, 2.45) is 5.10 Å². The third-order valence-corrected chi connectivity index (χ3v) is 3.77. The van der Waals surface area contributed by atoms with Gasteiger partial charge in [0.05, 0.1) is 6.21 Å². The Hall–Kier alpha value is -2.51. The van der Waals surface area contributed by atoms with Crippen LogP contribution in [-0.4, -0.2) is 34.8 Å². The maximum absolute atomic E-state index is 12.4. The van der Waals surface area contributed by atoms with Gasteiger partial charge < -0.3 is 0 Å². The molecular weight excluding hydrogens is 374 g/mol. The normalized spacial score (nSPS) is 10.6. The van der Waals surface area contributed by atoms with Gasteiger partial charge in [-0.1, -0.05) is 28.1 Å². The first-order valence-electron chi connectivity index (χ1n) is 7.21. The molecule has 0 saturated heterocycles. The maximum Gasteiger partial charge on any atom is 0.274 e. The first-order chi connectivity index (χ1) is 11.5. The van der Waals surface area contributed by atoms with Crippen LogP contribution < -0.4 is 5.48 Å². The Labute approximate surface area is 147 Å². The number of nitrogens with one attached hydrogen (secondary N) is 1. The van der Waals surface area contributed by atoms with Crippen molar-refractivity contribution in [2.45, 2.75) is 6.92 Å². The van der Waals surface area contributed by atoms with Crippen molar-refractivity contribution in [2.75, 3.05) is 6.54 Å². The van der Waals surface area contributed by atoms with Gasteiger partial charge in [0, 0.05) is 22.1 Å². The van der Waals surface area contributed by atoms with Gasteiger partial charge >= 0.3 is 0 Å². The maximum atomic E-state index is 12.4. The second-order valence-corrected chi connectivity index (χ2v) is 5.75. The number of halogens is 1. The molecule has 6 nitrogen and oxygen atoms in total. The van der Waals surface area contributed by atoms with Crippen LogP contribution in [0.25, 0.3) is 0 Å². The highest BCUT2D eigenvalue weighted by molar-refractivity contribution is 9.10. The molecule has 2 N–H and O–H groups in total. The van der Waals surface area contributed by atoms with Gasteiger partial charge in [0.2, 0.25) is 0 Å². The summed E-state index contributed by atoms with van der Waals surface area (Å²) < 4.78 is 0.901. The van der Waals surface area contributed by atoms with E-state index in [0.29, 0.717) is 17.7 Å². The zero-order valence-corrected chi connectivity index (χ0v) is 14.5. The highest BCUT2D eigenvalue weighted by Crippen LogP contribution is 2.12. The van der Waals surface area contributed by atoms with Crippen molar-refractivity contribution < 1.29 is 14.8 Å². The van der Waals surface area contributed by atoms with Gasteiger partial charge in [0.25, 0.3) is 11.8 Å². The van der Waals surface area contributed by atoms with Gasteiger partial charge in [0.15, 0.2) is 0 Å². The average Bonchev–Trinajstić information content (AvgIpc) is 2.62. The fourth-order valence-corrected chi connectivity index (χ4v) is 2.20. The molecular formula is C17H16BrN3O3. The summed E-state index contributed by atoms with van der Waals surface area (Å²) in [5.41, 5.74) is 3.17. The molecule has 0 heterocycles. The highest BCUT2D eigenvalue weighted by Gasteiger charge is 2.12. The molecule has 0 fully saturated rings. The van der Waals surface area contributed by atoms with Crippen molar-refractivity contribution >= 4 is 34.0 Å². The van der Waals surface area contributed by atoms with E-state index >= 15 is 0 Å². The van der Waals surface area contributed by atoms with Crippen LogP contribution in [0.1, 0.15) is 33.2 Å². The quantitative estimate of drug-likeness (QED) is 0.468. The van der Waals surface area contributed by atoms with Crippen LogP contribution in [0.2, 0.25) is 0 Å². The number of amides is 2. The number of carbonyl (C=O) groups excluding carboxylic acids is 2. The molecule has 0 aliphatic carbocycles. The molecule has 0 spiro atoms. The Kier molecular flexibility index (Phi) is 6.22. The first kappa shape index (κ1) is 17.8. The molecule has 0 aromatic heterocycles. The molecule has 24 heavy (non-hydrogen) atoms. The van der Waals surface area contributed by atoms with Gasteiger partial charge in [-0.2, -0.15) is 5.10 Å². The van der Waals surface area contributed by atoms with E-state index in [4.69, 9.17) is 5.21 Å². The monoisotopic (exact) mass is 389 g/mol. The van der Waals surface area contributed by atoms with Crippen molar-refractivity contribution in [3.63, 3.8) is 0 Å². The second-order valence-electron chi connectivity index (χ2n) is 4.84. The van der Waals surface area contributed by atoms with E-state index in [1.165, 1.54) is 5.01 Å². The minimum Gasteiger partial charge on any atom is -0.288 e. The number of hydrogen-bond acceptors (Lipinski definition) is 4. The summed E-state index contributed by atoms with van der Waals surface area (Å²) in [5, 5.41) is 14.1. The molecule has 0 atom stereocenters. The molecule has 7 heteroatoms. The van der Waals surface area contributed by atoms with E-state index in [2.05, 4.69) is 21.0 Å². The van der Waals surface area contributed by atoms with Crippen LogP contribution >= 0.6 is 15.9 Å². The topological polar surface area (TPSA) is 82.0 Å². The lowest BCUT2D eigenvalue weighted by Crippen LogP contribution is -2.25. The molecule has 0 radical (unpaired) electrons. The number of nitrogens with zero attached hydrogens (tertiary/aromatic N) is 2. The summed E-state index contributed by atoms with van der Waals surface area (Å²) in [6.07, 6.45) is 1.54. The third kappa shape index (κ3) is 4.50. The second kappa shape index (κ2) is 8.37. The number of benzene rings is 2. The SMILES string of the molecule is CCN(/N=C/c1ccc(C(=O)NO)cc1)C(=O)c1ccc(Br)cc1. The van der Waals surface area contributed by atoms with E-state index < -0.39 is 5.91 Å². The molecule has 2 amide bonds. The van der Waals surface area contributed by atoms with Gasteiger partial charge in [-0.25, -0.2) is 10.5 Å². The van der Waals surface area contributed by atoms with E-state index in [9.17, 15) is 9.59 Å². The first-order valence-corrected chi connectivity index (χ1v) is 8.00. The standard InChI is InChI=1S/C17H16BrN3O3/c1-2-21(17(23)14-7-9-15(18)10-8-14)19-11-12-3-5-13(6-4-12)16(22)20-24/h3-11,24H,2H2,1H3,(H,20,22)/b19-11+. The van der Waals surface area contributed by atoms with Crippen LogP contribution in [0.15, 0.2) is 58.1 Å². The molecule has 0 bridgehead atoms. The fourth-order valence-electron chi connectivity index (χ4n) is 1.94. The van der Waals surface area contributed by atoms with E-state index in [1.54, 1.807) is 60.2 Å². The molecule has 0 unspecified atom stereocenters. The smallest absolute Gasteiger partial charge is 0.274 e. The summed E-state index contributed by atoms with van der Waals surface area (Å²) in [6, 6.07) is 13.5. The van der Waals surface area contributed by atoms with Gasteiger partial charge in [-0.05, 0) is 48.9 Å². The lowest BCUT2D eigenvalue weighted by atomic mass is 10.1. The van der Waals surface area contributed by atoms with Crippen molar-refractivity contribution in [3.05, 3.63) is 69.7 Å². The van der Waals surface area contributed by atoms with E-state index in [-0.39, 0.29) is 5.91 Å². The Morgan fingerprint density at radius 2 is 1.71 bits per heavy atom. The largest absolute Gasteiger partial charge is 0.288 e. The zero-order chi connectivity index (χ0) is 17.5. The summed E-state index contributed by atoms with van der Waals surface area (Å²) in [4.78, 5) is 23.7. The van der Waals surface area contributed by atoms with Crippen LogP contribution in [0.3, 0.4) is 0 Å². The van der Waals surface area contributed by atoms with Crippen molar-refractivity contribution in [1.82, 2.24) is 10.5 Å². The number of hydrogen-bond donors (Lipinski definition) is 2. The molecule has 2 aromatic carbocycles. The van der Waals surface area contributed by atoms with Crippen LogP contribution in [0.5, 0.6) is 0 Å². The Morgan fingerprint density at radius 3 is 2.25 bits per heavy atom. The molecule has 0 saturated carbocycles. The molecule has 0 aliphatic heterocycles. The Morgan fingerprint density at radius 1 is 1.12 bits per heavy atom. The minimum absolute atomic E-state index is 0.197. The highest BCUT2D eigenvalue weighted by atomic mass is 79.9. The van der Waals surface area contributed by atoms with Crippen LogP contribution in [0, 0.1) is 0 Å². The lowest BCUT2D eigenvalue weighted by Gasteiger charge is -2.14. The summed E-state index contributed by atoms with van der Waals surface area (Å²) in [7, 11) is 0. The van der Waals surface area contributed by atoms with E-state index in [1.807, 2.05) is 6.92 Å². The molecule has 124 valence electrons. The zero-order valence-electron chi connectivity index (χ0n) is 12.9. The summed E-state index contributed by atoms with van der Waals surface area (Å²) >= 11 is 3.33. The number of rotatable bonds is 5. The van der Waals surface area contributed by atoms with E-state index in [0.717, 1.165) is 10.0 Å². The number of carbonyl (C=O) groups is 2. The predicted octanol–water partition coefficient (Wildman–Crippen LogP) is 3.06. The fraction of sp³-hybridized carbons (Fsp3) is 0.118. The number of hydroxylamine groups is 1. The molecule has 2 rings (SSSR count). The predicted molar refractivity (Wildman–Crippen MR) is 94.1 cm³/mol. The lowest BCUT2D eigenvalue weighted by molar-refractivity contribution is 0.0706. The molecule has 2 aromatic rings. The Balaban J connectivity index is 2.11. The summed E-state index contributed by atoms with van der Waals surface area (Å²) in [6.45, 7) is 2.26.